The summed E-state index contributed by atoms with van der Waals surface area (Å²) in [6.45, 7) is 7.24. The molecule has 8 rings (SSSR count). The third-order valence-corrected chi connectivity index (χ3v) is 11.7. The number of oxime groups is 2. The Morgan fingerprint density at radius 1 is 0.930 bits per heavy atom. The van der Waals surface area contributed by atoms with Crippen LogP contribution in [0.25, 0.3) is 10.9 Å². The molecule has 71 heavy (non-hydrogen) atoms. The predicted octanol–water partition coefficient (Wildman–Crippen LogP) is 11.1. The van der Waals surface area contributed by atoms with Gasteiger partial charge in [0.1, 0.15) is 43.9 Å². The van der Waals surface area contributed by atoms with E-state index in [9.17, 15) is 27.2 Å². The van der Waals surface area contributed by atoms with Crippen molar-refractivity contribution in [2.45, 2.75) is 71.2 Å². The summed E-state index contributed by atoms with van der Waals surface area (Å²) >= 11 is 8.51. The van der Waals surface area contributed by atoms with E-state index in [2.05, 4.69) is 48.0 Å². The standard InChI is InChI=1S/C20H19F3N2O4.C17H13ClFN3O.C14H17IN2O2/c1-13(14-8-6-9-16(11-14)20(21,22)23)24-29-12-15-7-4-5-10-17(15)18(25-28-3)19(26)27-2;18-15-4-2-1-3-14(15)16-17(23-16,9-22-11-20-10-21-22)12-5-7-13(19)8-6-12;1-3-7-17-13(18)11-9-10(15)5-6-12(11)16-14(17)19-8-4-2/h4-11H,12H2,1-3H3;1-8,10-11,16H,9H2;5-6,9H,3-4,7-8H2,1-2H3/b24-13+,25-18+;;. The van der Waals surface area contributed by atoms with Crippen molar-refractivity contribution in [3.05, 3.63) is 186 Å². The van der Waals surface area contributed by atoms with Crippen molar-refractivity contribution in [1.29, 1.82) is 0 Å². The van der Waals surface area contributed by atoms with Gasteiger partial charge in [-0.1, -0.05) is 102 Å². The minimum Gasteiger partial charge on any atom is -0.465 e. The lowest BCUT2D eigenvalue weighted by atomic mass is 9.91. The maximum absolute atomic E-state index is 13.3. The summed E-state index contributed by atoms with van der Waals surface area (Å²) in [4.78, 5) is 42.9. The van der Waals surface area contributed by atoms with Crippen molar-refractivity contribution < 1.29 is 46.2 Å². The third-order valence-electron chi connectivity index (χ3n) is 10.7. The fourth-order valence-corrected chi connectivity index (χ4v) is 7.95. The van der Waals surface area contributed by atoms with Gasteiger partial charge in [-0.3, -0.25) is 9.36 Å². The van der Waals surface area contributed by atoms with Crippen LogP contribution < -0.4 is 10.3 Å². The maximum Gasteiger partial charge on any atom is 0.416 e. The fraction of sp³-hybridized carbons (Fsp3) is 0.275. The minimum absolute atomic E-state index is 0.0172. The van der Waals surface area contributed by atoms with E-state index in [1.807, 2.05) is 56.3 Å². The average Bonchev–Trinajstić information content (AvgIpc) is 3.84. The number of ether oxygens (including phenoxy) is 3. The molecule has 2 unspecified atom stereocenters. The molecule has 0 amide bonds. The second-order valence-corrected chi connectivity index (χ2v) is 17.3. The molecule has 0 bridgehead atoms. The lowest BCUT2D eigenvalue weighted by Crippen LogP contribution is -2.24. The van der Waals surface area contributed by atoms with Crippen molar-refractivity contribution in [2.75, 3.05) is 20.8 Å². The van der Waals surface area contributed by atoms with Crippen molar-refractivity contribution in [3.63, 3.8) is 0 Å². The number of rotatable bonds is 16. The van der Waals surface area contributed by atoms with Gasteiger partial charge in [-0.15, -0.1) is 0 Å². The number of carbonyl (C=O) groups is 1. The van der Waals surface area contributed by atoms with Crippen LogP contribution in [0.5, 0.6) is 6.01 Å². The zero-order chi connectivity index (χ0) is 51.1. The fourth-order valence-electron chi connectivity index (χ4n) is 7.23. The lowest BCUT2D eigenvalue weighted by molar-refractivity contribution is -0.137. The van der Waals surface area contributed by atoms with Crippen LogP contribution in [0.2, 0.25) is 5.02 Å². The van der Waals surface area contributed by atoms with Crippen LogP contribution in [0.3, 0.4) is 0 Å². The van der Waals surface area contributed by atoms with E-state index in [1.165, 1.54) is 51.7 Å². The largest absolute Gasteiger partial charge is 0.465 e. The third kappa shape index (κ3) is 13.8. The van der Waals surface area contributed by atoms with Crippen LogP contribution in [0.15, 0.2) is 143 Å². The number of methoxy groups -OCH3 is 1. The second-order valence-electron chi connectivity index (χ2n) is 15.7. The highest BCUT2D eigenvalue weighted by molar-refractivity contribution is 14.1. The molecular formula is C51H49ClF4IN7O7. The van der Waals surface area contributed by atoms with Crippen LogP contribution in [-0.2, 0) is 55.4 Å². The topological polar surface area (TPSA) is 157 Å². The molecule has 0 N–H and O–H groups in total. The number of carbonyl (C=O) groups excluding carboxylic acids is 1. The molecule has 0 radical (unpaired) electrons. The molecule has 1 aliphatic rings. The van der Waals surface area contributed by atoms with Crippen LogP contribution in [-0.4, -0.2) is 62.5 Å². The summed E-state index contributed by atoms with van der Waals surface area (Å²) in [5, 5.41) is 13.0. The minimum atomic E-state index is -4.44. The van der Waals surface area contributed by atoms with Gasteiger partial charge in [-0.2, -0.15) is 23.3 Å². The number of halogens is 6. The Morgan fingerprint density at radius 3 is 2.35 bits per heavy atom. The summed E-state index contributed by atoms with van der Waals surface area (Å²) in [5.74, 6) is -0.970. The summed E-state index contributed by atoms with van der Waals surface area (Å²) < 4.78 is 72.6. The highest BCUT2D eigenvalue weighted by atomic mass is 127. The first-order valence-electron chi connectivity index (χ1n) is 22.1. The highest BCUT2D eigenvalue weighted by Gasteiger charge is 2.59. The van der Waals surface area contributed by atoms with E-state index < -0.39 is 23.3 Å². The molecule has 7 aromatic rings. The number of hydrogen-bond acceptors (Lipinski definition) is 12. The first-order chi connectivity index (χ1) is 34.1. The monoisotopic (exact) mass is 1110 g/mol. The molecule has 3 heterocycles. The smallest absolute Gasteiger partial charge is 0.416 e. The van der Waals surface area contributed by atoms with Crippen LogP contribution in [0, 0.1) is 9.39 Å². The first kappa shape index (κ1) is 53.6. The summed E-state index contributed by atoms with van der Waals surface area (Å²) in [6, 6.07) is 31.6. The van der Waals surface area contributed by atoms with Crippen molar-refractivity contribution in [3.8, 4) is 6.01 Å². The Kier molecular flexibility index (Phi) is 18.8. The molecule has 1 fully saturated rings. The molecule has 5 aromatic carbocycles. The van der Waals surface area contributed by atoms with Gasteiger partial charge in [0.2, 0.25) is 0 Å². The zero-order valence-corrected chi connectivity index (χ0v) is 42.1. The number of fused-ring (bicyclic) bond motifs is 1. The molecule has 20 heteroatoms. The van der Waals surface area contributed by atoms with Gasteiger partial charge in [-0.05, 0) is 102 Å². The van der Waals surface area contributed by atoms with E-state index in [4.69, 9.17) is 35.5 Å². The summed E-state index contributed by atoms with van der Waals surface area (Å²) in [6.07, 6.45) is 0.237. The van der Waals surface area contributed by atoms with Crippen LogP contribution >= 0.6 is 34.2 Å². The Labute approximate surface area is 425 Å². The molecule has 0 saturated carbocycles. The average molecular weight is 1110 g/mol. The Morgan fingerprint density at radius 2 is 1.68 bits per heavy atom. The molecule has 0 spiro atoms. The maximum atomic E-state index is 13.3. The Bertz CT molecular complexity index is 3030. The molecule has 14 nitrogen and oxygen atoms in total. The van der Waals surface area contributed by atoms with E-state index >= 15 is 0 Å². The SMILES string of the molecule is CCCOc1nc2ccc(I)cc2c(=O)n1CCC.CO/N=C(/C(=O)OC)c1ccccc1CO/N=C(\C)c1cccc(C(F)(F)F)c1.Fc1ccc(C2(Cn3cncn3)OC2c2ccccc2Cl)cc1. The quantitative estimate of drug-likeness (QED) is 0.0228. The number of alkyl halides is 3. The van der Waals surface area contributed by atoms with E-state index in [0.717, 1.165) is 39.7 Å². The second kappa shape index (κ2) is 24.9. The molecule has 2 aromatic heterocycles. The zero-order valence-electron chi connectivity index (χ0n) is 39.2. The lowest BCUT2D eigenvalue weighted by Gasteiger charge is -2.14. The van der Waals surface area contributed by atoms with E-state index in [0.29, 0.717) is 52.8 Å². The Balaban J connectivity index is 0.000000178. The highest BCUT2D eigenvalue weighted by Crippen LogP contribution is 2.59. The number of benzene rings is 5. The van der Waals surface area contributed by atoms with Gasteiger partial charge in [0, 0.05) is 31.8 Å². The van der Waals surface area contributed by atoms with Gasteiger partial charge in [0.25, 0.3) is 11.6 Å². The molecule has 2 atom stereocenters. The Hall–Kier alpha value is -6.71. The number of nitrogens with zero attached hydrogens (tertiary/aromatic N) is 7. The molecular weight excluding hydrogens is 1060 g/mol. The number of hydrogen-bond donors (Lipinski definition) is 0. The number of epoxide rings is 1. The molecule has 372 valence electrons. The van der Waals surface area contributed by atoms with Crippen molar-refractivity contribution in [2.24, 2.45) is 10.3 Å². The molecule has 0 aliphatic carbocycles. The van der Waals surface area contributed by atoms with Gasteiger partial charge in [0.15, 0.2) is 5.71 Å². The van der Waals surface area contributed by atoms with E-state index in [-0.39, 0.29) is 41.1 Å². The van der Waals surface area contributed by atoms with Gasteiger partial charge in [0.05, 0.1) is 42.4 Å². The summed E-state index contributed by atoms with van der Waals surface area (Å²) in [5.41, 5.74) is 2.59. The van der Waals surface area contributed by atoms with Gasteiger partial charge < -0.3 is 23.9 Å². The van der Waals surface area contributed by atoms with Crippen molar-refractivity contribution >= 4 is 62.5 Å². The van der Waals surface area contributed by atoms with Crippen LogP contribution in [0.1, 0.15) is 73.1 Å². The number of aromatic nitrogens is 5. The first-order valence-corrected chi connectivity index (χ1v) is 23.5. The predicted molar refractivity (Wildman–Crippen MR) is 269 cm³/mol. The normalized spacial score (nSPS) is 15.5. The molecule has 1 aliphatic heterocycles. The van der Waals surface area contributed by atoms with Gasteiger partial charge >= 0.3 is 12.1 Å². The molecule has 1 saturated heterocycles. The van der Waals surface area contributed by atoms with E-state index in [1.54, 1.807) is 52.0 Å². The summed E-state index contributed by atoms with van der Waals surface area (Å²) in [7, 11) is 2.51. The van der Waals surface area contributed by atoms with Crippen molar-refractivity contribution in [1.82, 2.24) is 24.3 Å². The number of esters is 1. The van der Waals surface area contributed by atoms with Crippen LogP contribution in [0.4, 0.5) is 17.6 Å². The van der Waals surface area contributed by atoms with Gasteiger partial charge in [-0.25, -0.2) is 18.9 Å².